The molecular formula is C14H17N5O2S. The summed E-state index contributed by atoms with van der Waals surface area (Å²) in [5.74, 6) is 0.737. The molecule has 0 atom stereocenters. The maximum atomic E-state index is 12.4. The number of anilines is 1. The van der Waals surface area contributed by atoms with Crippen LogP contribution in [0, 0.1) is 0 Å². The lowest BCUT2D eigenvalue weighted by Gasteiger charge is -2.34. The van der Waals surface area contributed by atoms with Crippen molar-refractivity contribution < 1.29 is 9.53 Å². The standard InChI is InChI=1S/C14H17N5O2S/c1-21-10-12-16-14(22-17-12)19-7-5-18(6-8-19)13(20)11-3-2-4-15-9-11/h2-4,9H,5-8,10H2,1H3. The van der Waals surface area contributed by atoms with Crippen LogP contribution in [0.15, 0.2) is 24.5 Å². The van der Waals surface area contributed by atoms with E-state index in [1.54, 1.807) is 31.6 Å². The van der Waals surface area contributed by atoms with Crippen molar-refractivity contribution in [3.63, 3.8) is 0 Å². The van der Waals surface area contributed by atoms with Gasteiger partial charge in [0.25, 0.3) is 5.91 Å². The molecule has 8 heteroatoms. The number of hydrogen-bond donors (Lipinski definition) is 0. The zero-order valence-electron chi connectivity index (χ0n) is 12.3. The molecule has 7 nitrogen and oxygen atoms in total. The fourth-order valence-electron chi connectivity index (χ4n) is 2.33. The molecule has 0 spiro atoms. The van der Waals surface area contributed by atoms with Gasteiger partial charge in [0.2, 0.25) is 5.13 Å². The van der Waals surface area contributed by atoms with Crippen LogP contribution in [0.4, 0.5) is 5.13 Å². The third-order valence-electron chi connectivity index (χ3n) is 3.48. The summed E-state index contributed by atoms with van der Waals surface area (Å²) in [4.78, 5) is 24.8. The highest BCUT2D eigenvalue weighted by atomic mass is 32.1. The number of rotatable bonds is 4. The molecule has 1 saturated heterocycles. The van der Waals surface area contributed by atoms with Crippen molar-refractivity contribution in [2.45, 2.75) is 6.61 Å². The second kappa shape index (κ2) is 6.80. The van der Waals surface area contributed by atoms with Gasteiger partial charge in [-0.1, -0.05) is 0 Å². The van der Waals surface area contributed by atoms with Crippen molar-refractivity contribution >= 4 is 22.6 Å². The first-order chi connectivity index (χ1) is 10.8. The average molecular weight is 319 g/mol. The quantitative estimate of drug-likeness (QED) is 0.838. The Labute approximate surface area is 132 Å². The Morgan fingerprint density at radius 1 is 1.36 bits per heavy atom. The number of methoxy groups -OCH3 is 1. The van der Waals surface area contributed by atoms with E-state index in [0.717, 1.165) is 18.2 Å². The number of ether oxygens (including phenoxy) is 1. The van der Waals surface area contributed by atoms with Crippen molar-refractivity contribution in [2.24, 2.45) is 0 Å². The van der Waals surface area contributed by atoms with Crippen LogP contribution in [0.1, 0.15) is 16.2 Å². The summed E-state index contributed by atoms with van der Waals surface area (Å²) >= 11 is 1.37. The molecule has 0 aliphatic carbocycles. The van der Waals surface area contributed by atoms with Crippen molar-refractivity contribution in [1.82, 2.24) is 19.2 Å². The van der Waals surface area contributed by atoms with E-state index in [0.29, 0.717) is 31.1 Å². The van der Waals surface area contributed by atoms with Gasteiger partial charge in [0.05, 0.1) is 5.56 Å². The monoisotopic (exact) mass is 319 g/mol. The topological polar surface area (TPSA) is 71.5 Å². The number of pyridine rings is 1. The number of hydrogen-bond acceptors (Lipinski definition) is 7. The van der Waals surface area contributed by atoms with E-state index in [2.05, 4.69) is 19.2 Å². The summed E-state index contributed by atoms with van der Waals surface area (Å²) in [6.45, 7) is 3.29. The largest absolute Gasteiger partial charge is 0.377 e. The molecule has 0 aromatic carbocycles. The summed E-state index contributed by atoms with van der Waals surface area (Å²) in [6, 6.07) is 3.57. The Morgan fingerprint density at radius 3 is 2.86 bits per heavy atom. The van der Waals surface area contributed by atoms with Crippen molar-refractivity contribution in [2.75, 3.05) is 38.2 Å². The van der Waals surface area contributed by atoms with Crippen molar-refractivity contribution in [1.29, 1.82) is 0 Å². The van der Waals surface area contributed by atoms with Gasteiger partial charge < -0.3 is 14.5 Å². The van der Waals surface area contributed by atoms with E-state index in [-0.39, 0.29) is 5.91 Å². The Bertz CT molecular complexity index is 625. The second-order valence-corrected chi connectivity index (χ2v) is 5.68. The molecule has 2 aromatic rings. The zero-order chi connectivity index (χ0) is 15.4. The predicted octanol–water partition coefficient (Wildman–Crippen LogP) is 1.04. The van der Waals surface area contributed by atoms with Crippen LogP contribution in [-0.2, 0) is 11.3 Å². The molecule has 1 amide bonds. The third-order valence-corrected chi connectivity index (χ3v) is 4.29. The molecule has 0 bridgehead atoms. The molecule has 1 fully saturated rings. The fourth-order valence-corrected chi connectivity index (χ4v) is 3.06. The number of piperazine rings is 1. The minimum Gasteiger partial charge on any atom is -0.377 e. The molecule has 0 radical (unpaired) electrons. The van der Waals surface area contributed by atoms with Gasteiger partial charge in [-0.05, 0) is 12.1 Å². The van der Waals surface area contributed by atoms with Gasteiger partial charge in [-0.15, -0.1) is 0 Å². The van der Waals surface area contributed by atoms with E-state index >= 15 is 0 Å². The minimum atomic E-state index is 0.0325. The van der Waals surface area contributed by atoms with Gasteiger partial charge in [0, 0.05) is 57.2 Å². The highest BCUT2D eigenvalue weighted by Crippen LogP contribution is 2.20. The third kappa shape index (κ3) is 3.23. The number of amides is 1. The summed E-state index contributed by atoms with van der Waals surface area (Å²) < 4.78 is 9.29. The van der Waals surface area contributed by atoms with Gasteiger partial charge in [-0.25, -0.2) is 4.98 Å². The molecular weight excluding hydrogens is 302 g/mol. The van der Waals surface area contributed by atoms with Gasteiger partial charge in [-0.2, -0.15) is 4.37 Å². The highest BCUT2D eigenvalue weighted by molar-refractivity contribution is 7.09. The molecule has 3 heterocycles. The fraction of sp³-hybridized carbons (Fsp3) is 0.429. The first-order valence-corrected chi connectivity index (χ1v) is 7.81. The lowest BCUT2D eigenvalue weighted by Crippen LogP contribution is -2.48. The summed E-state index contributed by atoms with van der Waals surface area (Å²) in [7, 11) is 1.63. The minimum absolute atomic E-state index is 0.0325. The molecule has 2 aromatic heterocycles. The molecule has 22 heavy (non-hydrogen) atoms. The average Bonchev–Trinajstić information content (AvgIpc) is 3.04. The lowest BCUT2D eigenvalue weighted by molar-refractivity contribution is 0.0746. The van der Waals surface area contributed by atoms with E-state index in [1.807, 2.05) is 4.90 Å². The van der Waals surface area contributed by atoms with Crippen molar-refractivity contribution in [3.8, 4) is 0 Å². The smallest absolute Gasteiger partial charge is 0.255 e. The summed E-state index contributed by atoms with van der Waals surface area (Å²) in [6.07, 6.45) is 3.28. The Kier molecular flexibility index (Phi) is 4.59. The highest BCUT2D eigenvalue weighted by Gasteiger charge is 2.24. The number of carbonyl (C=O) groups is 1. The predicted molar refractivity (Wildman–Crippen MR) is 83.0 cm³/mol. The van der Waals surface area contributed by atoms with Gasteiger partial charge in [0.1, 0.15) is 6.61 Å². The lowest BCUT2D eigenvalue weighted by atomic mass is 10.2. The molecule has 1 aliphatic heterocycles. The van der Waals surface area contributed by atoms with Crippen LogP contribution in [0.25, 0.3) is 0 Å². The van der Waals surface area contributed by atoms with Gasteiger partial charge >= 0.3 is 0 Å². The summed E-state index contributed by atoms with van der Waals surface area (Å²) in [5.41, 5.74) is 0.634. The van der Waals surface area contributed by atoms with E-state index in [4.69, 9.17) is 4.74 Å². The Hall–Kier alpha value is -2.06. The van der Waals surface area contributed by atoms with Crippen LogP contribution in [-0.4, -0.2) is 58.4 Å². The molecule has 1 aliphatic rings. The number of nitrogens with zero attached hydrogens (tertiary/aromatic N) is 5. The maximum Gasteiger partial charge on any atom is 0.255 e. The van der Waals surface area contributed by atoms with Crippen LogP contribution in [0.5, 0.6) is 0 Å². The summed E-state index contributed by atoms with van der Waals surface area (Å²) in [5, 5.41) is 0.889. The first kappa shape index (κ1) is 14.9. The molecule has 116 valence electrons. The SMILES string of the molecule is COCc1nsc(N2CCN(C(=O)c3cccnc3)CC2)n1. The van der Waals surface area contributed by atoms with Crippen molar-refractivity contribution in [3.05, 3.63) is 35.9 Å². The number of aromatic nitrogens is 3. The Balaban J connectivity index is 1.59. The number of carbonyl (C=O) groups excluding carboxylic acids is 1. The van der Waals surface area contributed by atoms with Gasteiger partial charge in [0.15, 0.2) is 5.82 Å². The maximum absolute atomic E-state index is 12.4. The normalized spacial score (nSPS) is 15.1. The molecule has 0 unspecified atom stereocenters. The van der Waals surface area contributed by atoms with E-state index in [9.17, 15) is 4.79 Å². The molecule has 0 N–H and O–H groups in total. The van der Waals surface area contributed by atoms with Gasteiger partial charge in [-0.3, -0.25) is 9.78 Å². The van der Waals surface area contributed by atoms with E-state index < -0.39 is 0 Å². The Morgan fingerprint density at radius 2 is 2.18 bits per heavy atom. The molecule has 0 saturated carbocycles. The van der Waals surface area contributed by atoms with E-state index in [1.165, 1.54) is 11.5 Å². The van der Waals surface area contributed by atoms with Crippen LogP contribution in [0.2, 0.25) is 0 Å². The second-order valence-electron chi connectivity index (χ2n) is 4.95. The first-order valence-electron chi connectivity index (χ1n) is 7.03. The van der Waals surface area contributed by atoms with Crippen LogP contribution in [0.3, 0.4) is 0 Å². The molecule has 3 rings (SSSR count). The van der Waals surface area contributed by atoms with Crippen LogP contribution >= 0.6 is 11.5 Å². The zero-order valence-corrected chi connectivity index (χ0v) is 13.1. The van der Waals surface area contributed by atoms with Crippen LogP contribution < -0.4 is 4.90 Å².